The normalized spacial score (nSPS) is 32.1. The SMILES string of the molecule is CC1(C)C2CC[C@@]1(C)C(=Nc1cccc3cccnc13)C2. The zero-order chi connectivity index (χ0) is 14.7. The van der Waals surface area contributed by atoms with Gasteiger partial charge in [-0.2, -0.15) is 0 Å². The van der Waals surface area contributed by atoms with Crippen LogP contribution in [0.15, 0.2) is 41.5 Å². The van der Waals surface area contributed by atoms with Crippen molar-refractivity contribution in [2.45, 2.75) is 40.0 Å². The Morgan fingerprint density at radius 3 is 2.67 bits per heavy atom. The van der Waals surface area contributed by atoms with E-state index in [1.807, 2.05) is 12.3 Å². The molecule has 2 saturated carbocycles. The van der Waals surface area contributed by atoms with Gasteiger partial charge in [0.2, 0.25) is 0 Å². The maximum atomic E-state index is 5.09. The van der Waals surface area contributed by atoms with Crippen LogP contribution in [-0.4, -0.2) is 10.7 Å². The van der Waals surface area contributed by atoms with Gasteiger partial charge < -0.3 is 0 Å². The summed E-state index contributed by atoms with van der Waals surface area (Å²) < 4.78 is 0. The zero-order valence-electron chi connectivity index (χ0n) is 13.1. The predicted octanol–water partition coefficient (Wildman–Crippen LogP) is 5.15. The molecule has 1 aromatic carbocycles. The minimum atomic E-state index is 0.259. The molecule has 0 N–H and O–H groups in total. The summed E-state index contributed by atoms with van der Waals surface area (Å²) in [6, 6.07) is 10.4. The van der Waals surface area contributed by atoms with E-state index in [1.165, 1.54) is 23.9 Å². The summed E-state index contributed by atoms with van der Waals surface area (Å²) in [7, 11) is 0. The summed E-state index contributed by atoms with van der Waals surface area (Å²) in [5.74, 6) is 0.796. The molecule has 1 unspecified atom stereocenters. The number of aliphatic imine (C=N–C) groups is 1. The second-order valence-corrected chi connectivity index (χ2v) is 7.40. The van der Waals surface area contributed by atoms with E-state index in [9.17, 15) is 0 Å². The van der Waals surface area contributed by atoms with Crippen molar-refractivity contribution in [1.82, 2.24) is 4.98 Å². The van der Waals surface area contributed by atoms with Crippen LogP contribution in [0, 0.1) is 16.7 Å². The van der Waals surface area contributed by atoms with Gasteiger partial charge in [0.1, 0.15) is 0 Å². The van der Waals surface area contributed by atoms with Crippen molar-refractivity contribution in [3.05, 3.63) is 36.5 Å². The molecule has 2 aliphatic rings. The molecule has 2 atom stereocenters. The average Bonchev–Trinajstić information content (AvgIpc) is 2.81. The van der Waals surface area contributed by atoms with Crippen LogP contribution >= 0.6 is 0 Å². The summed E-state index contributed by atoms with van der Waals surface area (Å²) in [5, 5.41) is 1.17. The summed E-state index contributed by atoms with van der Waals surface area (Å²) in [6.45, 7) is 7.26. The molecule has 0 radical (unpaired) electrons. The van der Waals surface area contributed by atoms with E-state index in [1.54, 1.807) is 0 Å². The third-order valence-electron chi connectivity index (χ3n) is 6.38. The van der Waals surface area contributed by atoms with Crippen LogP contribution in [0.4, 0.5) is 5.69 Å². The topological polar surface area (TPSA) is 25.2 Å². The van der Waals surface area contributed by atoms with Crippen LogP contribution in [0.1, 0.15) is 40.0 Å². The lowest BCUT2D eigenvalue weighted by molar-refractivity contribution is 0.194. The minimum Gasteiger partial charge on any atom is -0.255 e. The standard InChI is InChI=1S/C19H22N2/c1-18(2)14-9-10-19(18,3)16(12-14)21-15-8-4-6-13-7-5-11-20-17(13)15/h4-8,11,14H,9-10,12H2,1-3H3/t14?,19-/m0/s1. The van der Waals surface area contributed by atoms with Crippen molar-refractivity contribution in [2.24, 2.45) is 21.7 Å². The molecule has 1 aromatic heterocycles. The van der Waals surface area contributed by atoms with Crippen LogP contribution < -0.4 is 0 Å². The molecular formula is C19H22N2. The molecule has 2 aromatic rings. The van der Waals surface area contributed by atoms with Crippen LogP contribution in [0.5, 0.6) is 0 Å². The van der Waals surface area contributed by atoms with Crippen molar-refractivity contribution in [3.63, 3.8) is 0 Å². The van der Waals surface area contributed by atoms with E-state index >= 15 is 0 Å². The molecule has 4 rings (SSSR count). The molecule has 0 amide bonds. The second-order valence-electron chi connectivity index (χ2n) is 7.40. The number of pyridine rings is 1. The lowest BCUT2D eigenvalue weighted by Crippen LogP contribution is -2.32. The Bertz CT molecular complexity index is 739. The van der Waals surface area contributed by atoms with Gasteiger partial charge in [-0.3, -0.25) is 9.98 Å². The molecule has 2 aliphatic carbocycles. The molecule has 2 bridgehead atoms. The number of rotatable bonds is 1. The Kier molecular flexibility index (Phi) is 2.57. The molecule has 108 valence electrons. The molecule has 0 saturated heterocycles. The third-order valence-corrected chi connectivity index (χ3v) is 6.38. The summed E-state index contributed by atoms with van der Waals surface area (Å²) >= 11 is 0. The molecule has 1 heterocycles. The fourth-order valence-electron chi connectivity index (χ4n) is 4.42. The highest BCUT2D eigenvalue weighted by Gasteiger charge is 2.59. The number of aromatic nitrogens is 1. The first-order chi connectivity index (χ1) is 10.0. The lowest BCUT2D eigenvalue weighted by Gasteiger charge is -2.34. The molecule has 21 heavy (non-hydrogen) atoms. The Labute approximate surface area is 126 Å². The van der Waals surface area contributed by atoms with E-state index in [-0.39, 0.29) is 5.41 Å². The number of benzene rings is 1. The monoisotopic (exact) mass is 278 g/mol. The molecular weight excluding hydrogens is 256 g/mol. The third kappa shape index (κ3) is 1.65. The number of nitrogens with zero attached hydrogens (tertiary/aromatic N) is 2. The van der Waals surface area contributed by atoms with Crippen LogP contribution in [0.2, 0.25) is 0 Å². The average molecular weight is 278 g/mol. The van der Waals surface area contributed by atoms with Crippen molar-refractivity contribution in [1.29, 1.82) is 0 Å². The lowest BCUT2D eigenvalue weighted by atomic mass is 9.70. The number of para-hydroxylation sites is 1. The van der Waals surface area contributed by atoms with E-state index in [0.717, 1.165) is 23.5 Å². The van der Waals surface area contributed by atoms with Gasteiger partial charge in [0.25, 0.3) is 0 Å². The summed E-state index contributed by atoms with van der Waals surface area (Å²) in [6.07, 6.45) is 5.66. The van der Waals surface area contributed by atoms with Gasteiger partial charge in [-0.1, -0.05) is 39.0 Å². The highest BCUT2D eigenvalue weighted by molar-refractivity contribution is 5.99. The first-order valence-corrected chi connectivity index (χ1v) is 7.94. The van der Waals surface area contributed by atoms with Gasteiger partial charge >= 0.3 is 0 Å². The van der Waals surface area contributed by atoms with Gasteiger partial charge in [0.05, 0.1) is 11.2 Å². The van der Waals surface area contributed by atoms with E-state index in [0.29, 0.717) is 5.41 Å². The van der Waals surface area contributed by atoms with Crippen molar-refractivity contribution in [2.75, 3.05) is 0 Å². The summed E-state index contributed by atoms with van der Waals surface area (Å²) in [4.78, 5) is 9.63. The minimum absolute atomic E-state index is 0.259. The highest BCUT2D eigenvalue weighted by atomic mass is 14.8. The maximum Gasteiger partial charge on any atom is 0.0958 e. The Hall–Kier alpha value is -1.70. The quantitative estimate of drug-likeness (QED) is 0.708. The second kappa shape index (κ2) is 4.16. The van der Waals surface area contributed by atoms with Crippen LogP contribution in [0.25, 0.3) is 10.9 Å². The number of fused-ring (bicyclic) bond motifs is 3. The van der Waals surface area contributed by atoms with Gasteiger partial charge in [0, 0.05) is 22.7 Å². The van der Waals surface area contributed by atoms with E-state index in [4.69, 9.17) is 4.99 Å². The fraction of sp³-hybridized carbons (Fsp3) is 0.474. The predicted molar refractivity (Wildman–Crippen MR) is 88.1 cm³/mol. The maximum absolute atomic E-state index is 5.09. The highest BCUT2D eigenvalue weighted by Crippen LogP contribution is 2.64. The molecule has 2 fully saturated rings. The first kappa shape index (κ1) is 13.0. The van der Waals surface area contributed by atoms with Gasteiger partial charge in [0.15, 0.2) is 0 Å². The molecule has 2 heteroatoms. The number of hydrogen-bond acceptors (Lipinski definition) is 2. The Morgan fingerprint density at radius 1 is 1.14 bits per heavy atom. The van der Waals surface area contributed by atoms with Crippen LogP contribution in [0.3, 0.4) is 0 Å². The van der Waals surface area contributed by atoms with E-state index < -0.39 is 0 Å². The summed E-state index contributed by atoms with van der Waals surface area (Å²) in [5.41, 5.74) is 4.09. The number of hydrogen-bond donors (Lipinski definition) is 0. The zero-order valence-corrected chi connectivity index (χ0v) is 13.1. The van der Waals surface area contributed by atoms with Gasteiger partial charge in [-0.05, 0) is 42.7 Å². The first-order valence-electron chi connectivity index (χ1n) is 7.94. The largest absolute Gasteiger partial charge is 0.255 e. The Morgan fingerprint density at radius 2 is 1.95 bits per heavy atom. The van der Waals surface area contributed by atoms with E-state index in [2.05, 4.69) is 50.0 Å². The van der Waals surface area contributed by atoms with Crippen molar-refractivity contribution in [3.8, 4) is 0 Å². The molecule has 0 aliphatic heterocycles. The Balaban J connectivity index is 1.85. The van der Waals surface area contributed by atoms with Crippen LogP contribution in [-0.2, 0) is 0 Å². The molecule has 2 nitrogen and oxygen atoms in total. The fourth-order valence-corrected chi connectivity index (χ4v) is 4.42. The molecule has 0 spiro atoms. The van der Waals surface area contributed by atoms with Crippen molar-refractivity contribution >= 4 is 22.3 Å². The van der Waals surface area contributed by atoms with Gasteiger partial charge in [-0.25, -0.2) is 0 Å². The van der Waals surface area contributed by atoms with Crippen molar-refractivity contribution < 1.29 is 0 Å². The smallest absolute Gasteiger partial charge is 0.0958 e. The van der Waals surface area contributed by atoms with Gasteiger partial charge in [-0.15, -0.1) is 0 Å².